The summed E-state index contributed by atoms with van der Waals surface area (Å²) in [4.78, 5) is 13.0. The maximum Gasteiger partial charge on any atom is 0.307 e. The SMILES string of the molecule is O=C(O)Cc1c[nH]c2c(F)c(F)ccc12. The second-order valence-electron chi connectivity index (χ2n) is 3.17. The predicted molar refractivity (Wildman–Crippen MR) is 49.6 cm³/mol. The third kappa shape index (κ3) is 1.56. The summed E-state index contributed by atoms with van der Waals surface area (Å²) in [6.07, 6.45) is 1.16. The molecule has 78 valence electrons. The summed E-state index contributed by atoms with van der Waals surface area (Å²) < 4.78 is 26.0. The van der Waals surface area contributed by atoms with E-state index in [0.717, 1.165) is 6.07 Å². The highest BCUT2D eigenvalue weighted by atomic mass is 19.2. The number of hydrogen-bond donors (Lipinski definition) is 2. The smallest absolute Gasteiger partial charge is 0.307 e. The van der Waals surface area contributed by atoms with Crippen molar-refractivity contribution in [2.24, 2.45) is 0 Å². The first-order valence-corrected chi connectivity index (χ1v) is 4.25. The topological polar surface area (TPSA) is 53.1 Å². The van der Waals surface area contributed by atoms with Crippen molar-refractivity contribution in [3.8, 4) is 0 Å². The Hall–Kier alpha value is -1.91. The molecule has 0 fully saturated rings. The number of benzene rings is 1. The fourth-order valence-corrected chi connectivity index (χ4v) is 1.51. The number of fused-ring (bicyclic) bond motifs is 1. The number of rotatable bonds is 2. The lowest BCUT2D eigenvalue weighted by Gasteiger charge is -1.96. The zero-order chi connectivity index (χ0) is 11.0. The molecule has 2 rings (SSSR count). The number of aromatic amines is 1. The van der Waals surface area contributed by atoms with Crippen molar-refractivity contribution >= 4 is 16.9 Å². The second kappa shape index (κ2) is 3.34. The molecule has 2 aromatic rings. The molecule has 1 aromatic heterocycles. The number of halogens is 2. The Bertz CT molecular complexity index is 533. The first kappa shape index (κ1) is 9.64. The summed E-state index contributed by atoms with van der Waals surface area (Å²) in [5.74, 6) is -2.95. The van der Waals surface area contributed by atoms with Crippen LogP contribution in [0, 0.1) is 11.6 Å². The number of aromatic nitrogens is 1. The fourth-order valence-electron chi connectivity index (χ4n) is 1.51. The van der Waals surface area contributed by atoms with E-state index in [1.807, 2.05) is 0 Å². The van der Waals surface area contributed by atoms with Gasteiger partial charge in [-0.3, -0.25) is 4.79 Å². The van der Waals surface area contributed by atoms with Crippen LogP contribution < -0.4 is 0 Å². The van der Waals surface area contributed by atoms with Gasteiger partial charge in [-0.25, -0.2) is 8.78 Å². The number of aliphatic carboxylic acids is 1. The van der Waals surface area contributed by atoms with E-state index >= 15 is 0 Å². The van der Waals surface area contributed by atoms with Gasteiger partial charge in [-0.2, -0.15) is 0 Å². The predicted octanol–water partition coefficient (Wildman–Crippen LogP) is 2.07. The number of H-pyrrole nitrogens is 1. The normalized spacial score (nSPS) is 10.8. The van der Waals surface area contributed by atoms with Gasteiger partial charge in [0.1, 0.15) is 0 Å². The van der Waals surface area contributed by atoms with Gasteiger partial charge in [-0.05, 0) is 17.7 Å². The van der Waals surface area contributed by atoms with Crippen molar-refractivity contribution in [1.29, 1.82) is 0 Å². The average molecular weight is 211 g/mol. The van der Waals surface area contributed by atoms with Crippen LogP contribution in [0.25, 0.3) is 10.9 Å². The summed E-state index contributed by atoms with van der Waals surface area (Å²) in [5.41, 5.74) is 0.447. The van der Waals surface area contributed by atoms with Crippen LogP contribution in [0.5, 0.6) is 0 Å². The largest absolute Gasteiger partial charge is 0.481 e. The molecule has 3 nitrogen and oxygen atoms in total. The maximum atomic E-state index is 13.2. The molecule has 5 heteroatoms. The highest BCUT2D eigenvalue weighted by molar-refractivity contribution is 5.87. The van der Waals surface area contributed by atoms with E-state index in [0.29, 0.717) is 10.9 Å². The summed E-state index contributed by atoms with van der Waals surface area (Å²) in [6, 6.07) is 2.35. The minimum atomic E-state index is -1.01. The van der Waals surface area contributed by atoms with E-state index < -0.39 is 17.6 Å². The molecule has 0 atom stereocenters. The van der Waals surface area contributed by atoms with Crippen molar-refractivity contribution in [2.75, 3.05) is 0 Å². The Labute approximate surface area is 83.3 Å². The second-order valence-corrected chi connectivity index (χ2v) is 3.17. The van der Waals surface area contributed by atoms with Gasteiger partial charge in [0.25, 0.3) is 0 Å². The molecule has 0 saturated heterocycles. The molecule has 0 radical (unpaired) electrons. The van der Waals surface area contributed by atoms with Crippen LogP contribution in [-0.4, -0.2) is 16.1 Å². The number of hydrogen-bond acceptors (Lipinski definition) is 1. The lowest BCUT2D eigenvalue weighted by atomic mass is 10.1. The fraction of sp³-hybridized carbons (Fsp3) is 0.100. The molecule has 1 aromatic carbocycles. The van der Waals surface area contributed by atoms with E-state index in [1.165, 1.54) is 12.3 Å². The molecule has 0 aliphatic heterocycles. The first-order chi connectivity index (χ1) is 7.09. The van der Waals surface area contributed by atoms with Crippen LogP contribution in [0.15, 0.2) is 18.3 Å². The van der Waals surface area contributed by atoms with E-state index in [1.54, 1.807) is 0 Å². The van der Waals surface area contributed by atoms with Gasteiger partial charge in [-0.1, -0.05) is 0 Å². The van der Waals surface area contributed by atoms with E-state index in [2.05, 4.69) is 4.98 Å². The molecule has 0 unspecified atom stereocenters. The molecule has 0 amide bonds. The van der Waals surface area contributed by atoms with E-state index in [9.17, 15) is 13.6 Å². The Balaban J connectivity index is 2.61. The van der Waals surface area contributed by atoms with Crippen LogP contribution in [0.1, 0.15) is 5.56 Å². The van der Waals surface area contributed by atoms with E-state index in [4.69, 9.17) is 5.11 Å². The third-order valence-electron chi connectivity index (χ3n) is 2.17. The number of carboxylic acid groups (broad SMARTS) is 1. The monoisotopic (exact) mass is 211 g/mol. The Morgan fingerprint density at radius 1 is 1.40 bits per heavy atom. The Morgan fingerprint density at radius 3 is 2.80 bits per heavy atom. The number of nitrogens with one attached hydrogen (secondary N) is 1. The highest BCUT2D eigenvalue weighted by Crippen LogP contribution is 2.23. The molecule has 0 saturated carbocycles. The van der Waals surface area contributed by atoms with Crippen molar-refractivity contribution in [3.63, 3.8) is 0 Å². The molecule has 0 aliphatic carbocycles. The van der Waals surface area contributed by atoms with Crippen molar-refractivity contribution in [2.45, 2.75) is 6.42 Å². The van der Waals surface area contributed by atoms with Crippen LogP contribution in [0.3, 0.4) is 0 Å². The Kier molecular flexibility index (Phi) is 2.15. The van der Waals surface area contributed by atoms with Crippen molar-refractivity contribution in [1.82, 2.24) is 4.98 Å². The molecule has 15 heavy (non-hydrogen) atoms. The summed E-state index contributed by atoms with van der Waals surface area (Å²) in [5, 5.41) is 8.99. The van der Waals surface area contributed by atoms with Gasteiger partial charge in [0.05, 0.1) is 11.9 Å². The van der Waals surface area contributed by atoms with Crippen LogP contribution in [0.2, 0.25) is 0 Å². The maximum absolute atomic E-state index is 13.2. The van der Waals surface area contributed by atoms with Gasteiger partial charge in [0, 0.05) is 11.6 Å². The average Bonchev–Trinajstić information content (AvgIpc) is 2.55. The molecule has 1 heterocycles. The minimum Gasteiger partial charge on any atom is -0.481 e. The lowest BCUT2D eigenvalue weighted by molar-refractivity contribution is -0.136. The van der Waals surface area contributed by atoms with Gasteiger partial charge in [0.15, 0.2) is 11.6 Å². The lowest BCUT2D eigenvalue weighted by Crippen LogP contribution is -1.98. The van der Waals surface area contributed by atoms with Gasteiger partial charge in [-0.15, -0.1) is 0 Å². The molecule has 0 aliphatic rings. The number of carbonyl (C=O) groups is 1. The van der Waals surface area contributed by atoms with Gasteiger partial charge < -0.3 is 10.1 Å². The third-order valence-corrected chi connectivity index (χ3v) is 2.17. The molecule has 0 bridgehead atoms. The van der Waals surface area contributed by atoms with Crippen LogP contribution in [-0.2, 0) is 11.2 Å². The molecular weight excluding hydrogens is 204 g/mol. The summed E-state index contributed by atoms with van der Waals surface area (Å²) >= 11 is 0. The first-order valence-electron chi connectivity index (χ1n) is 4.25. The molecular formula is C10H7F2NO2. The highest BCUT2D eigenvalue weighted by Gasteiger charge is 2.13. The van der Waals surface area contributed by atoms with Crippen molar-refractivity contribution in [3.05, 3.63) is 35.5 Å². The standard InChI is InChI=1S/C10H7F2NO2/c11-7-2-1-6-5(3-8(14)15)4-13-10(6)9(7)12/h1-2,4,13H,3H2,(H,14,15). The van der Waals surface area contributed by atoms with Crippen LogP contribution in [0.4, 0.5) is 8.78 Å². The van der Waals surface area contributed by atoms with Crippen molar-refractivity contribution < 1.29 is 18.7 Å². The zero-order valence-corrected chi connectivity index (χ0v) is 7.55. The molecule has 2 N–H and O–H groups in total. The summed E-state index contributed by atoms with van der Waals surface area (Å²) in [6.45, 7) is 0. The summed E-state index contributed by atoms with van der Waals surface area (Å²) in [7, 11) is 0. The Morgan fingerprint density at radius 2 is 2.13 bits per heavy atom. The van der Waals surface area contributed by atoms with E-state index in [-0.39, 0.29) is 11.9 Å². The van der Waals surface area contributed by atoms with Gasteiger partial charge in [0.2, 0.25) is 0 Å². The molecule has 0 spiro atoms. The quantitative estimate of drug-likeness (QED) is 0.798. The van der Waals surface area contributed by atoms with Gasteiger partial charge >= 0.3 is 5.97 Å². The zero-order valence-electron chi connectivity index (χ0n) is 7.55. The number of carboxylic acids is 1. The minimum absolute atomic E-state index is 0.00579. The van der Waals surface area contributed by atoms with Crippen LogP contribution >= 0.6 is 0 Å².